The Kier molecular flexibility index (Phi) is 5.76. The summed E-state index contributed by atoms with van der Waals surface area (Å²) < 4.78 is 4.84. The van der Waals surface area contributed by atoms with Crippen LogP contribution in [0.3, 0.4) is 0 Å². The van der Waals surface area contributed by atoms with Gasteiger partial charge in [0.25, 0.3) is 0 Å². The number of hydrogen-bond acceptors (Lipinski definition) is 4. The van der Waals surface area contributed by atoms with Crippen molar-refractivity contribution >= 4 is 29.2 Å². The van der Waals surface area contributed by atoms with Crippen LogP contribution in [0.4, 0.5) is 5.82 Å². The van der Waals surface area contributed by atoms with Gasteiger partial charge < -0.3 is 15.2 Å². The fourth-order valence-electron chi connectivity index (χ4n) is 2.02. The molecule has 2 N–H and O–H groups in total. The molecule has 0 radical (unpaired) electrons. The van der Waals surface area contributed by atoms with E-state index >= 15 is 0 Å². The number of carbonyl (C=O) groups is 2. The molecule has 0 fully saturated rings. The summed E-state index contributed by atoms with van der Waals surface area (Å²) in [5.41, 5.74) is 1.01. The van der Waals surface area contributed by atoms with Gasteiger partial charge >= 0.3 is 0 Å². The van der Waals surface area contributed by atoms with E-state index in [9.17, 15) is 9.59 Å². The maximum atomic E-state index is 12.0. The molecule has 1 unspecified atom stereocenters. The van der Waals surface area contributed by atoms with Crippen LogP contribution in [0.5, 0.6) is 0 Å². The Labute approximate surface area is 139 Å². The van der Waals surface area contributed by atoms with E-state index in [2.05, 4.69) is 15.8 Å². The van der Waals surface area contributed by atoms with Crippen LogP contribution in [0.15, 0.2) is 34.9 Å². The molecule has 0 spiro atoms. The summed E-state index contributed by atoms with van der Waals surface area (Å²) in [5, 5.41) is 9.45. The second-order valence-corrected chi connectivity index (χ2v) is 5.76. The first-order valence-corrected chi connectivity index (χ1v) is 7.57. The van der Waals surface area contributed by atoms with Crippen molar-refractivity contribution in [3.05, 3.63) is 46.7 Å². The summed E-state index contributed by atoms with van der Waals surface area (Å²) >= 11 is 5.83. The first kappa shape index (κ1) is 17.0. The molecule has 1 heterocycles. The summed E-state index contributed by atoms with van der Waals surface area (Å²) in [6.07, 6.45) is 0.576. The molecular formula is C16H18ClN3O3. The molecule has 0 aliphatic rings. The zero-order chi connectivity index (χ0) is 16.8. The summed E-state index contributed by atoms with van der Waals surface area (Å²) in [5.74, 6) is 0.131. The number of hydrogen-bond donors (Lipinski definition) is 2. The van der Waals surface area contributed by atoms with Gasteiger partial charge in [0.2, 0.25) is 11.8 Å². The minimum Gasteiger partial charge on any atom is -0.360 e. The molecule has 1 atom stereocenters. The molecule has 7 heteroatoms. The van der Waals surface area contributed by atoms with Gasteiger partial charge in [0.15, 0.2) is 5.82 Å². The van der Waals surface area contributed by atoms with E-state index in [-0.39, 0.29) is 24.3 Å². The van der Waals surface area contributed by atoms with Gasteiger partial charge in [-0.15, -0.1) is 0 Å². The van der Waals surface area contributed by atoms with Crippen LogP contribution in [-0.4, -0.2) is 23.5 Å². The van der Waals surface area contributed by atoms with E-state index in [1.165, 1.54) is 0 Å². The number of nitrogens with zero attached hydrogens (tertiary/aromatic N) is 1. The molecule has 23 heavy (non-hydrogen) atoms. The number of rotatable bonds is 6. The molecular weight excluding hydrogens is 318 g/mol. The van der Waals surface area contributed by atoms with Crippen molar-refractivity contribution < 1.29 is 14.1 Å². The lowest BCUT2D eigenvalue weighted by Crippen LogP contribution is -2.36. The fraction of sp³-hybridized carbons (Fsp3) is 0.312. The zero-order valence-electron chi connectivity index (χ0n) is 12.9. The highest BCUT2D eigenvalue weighted by atomic mass is 35.5. The maximum absolute atomic E-state index is 12.0. The van der Waals surface area contributed by atoms with Crippen LogP contribution in [0, 0.1) is 12.8 Å². The summed E-state index contributed by atoms with van der Waals surface area (Å²) in [7, 11) is 0. The van der Waals surface area contributed by atoms with Crippen molar-refractivity contribution in [2.75, 3.05) is 11.9 Å². The first-order valence-electron chi connectivity index (χ1n) is 7.19. The number of anilines is 1. The van der Waals surface area contributed by atoms with Gasteiger partial charge in [-0.3, -0.25) is 9.59 Å². The number of aryl methyl sites for hydroxylation is 1. The highest BCUT2D eigenvalue weighted by molar-refractivity contribution is 6.30. The molecule has 2 rings (SSSR count). The highest BCUT2D eigenvalue weighted by Crippen LogP contribution is 2.13. The van der Waals surface area contributed by atoms with Crippen molar-refractivity contribution in [3.8, 4) is 0 Å². The minimum atomic E-state index is -0.356. The Morgan fingerprint density at radius 2 is 2.00 bits per heavy atom. The molecule has 2 amide bonds. The van der Waals surface area contributed by atoms with Gasteiger partial charge in [0, 0.05) is 17.0 Å². The Morgan fingerprint density at radius 1 is 1.30 bits per heavy atom. The molecule has 0 saturated carbocycles. The maximum Gasteiger partial charge on any atom is 0.245 e. The Bertz CT molecular complexity index is 682. The molecule has 122 valence electrons. The average Bonchev–Trinajstić information content (AvgIpc) is 2.92. The minimum absolute atomic E-state index is 0.115. The molecule has 0 bridgehead atoms. The second-order valence-electron chi connectivity index (χ2n) is 5.32. The monoisotopic (exact) mass is 335 g/mol. The quantitative estimate of drug-likeness (QED) is 0.849. The highest BCUT2D eigenvalue weighted by Gasteiger charge is 2.15. The van der Waals surface area contributed by atoms with Crippen LogP contribution >= 0.6 is 11.6 Å². The van der Waals surface area contributed by atoms with E-state index in [0.29, 0.717) is 23.0 Å². The van der Waals surface area contributed by atoms with E-state index in [1.807, 2.05) is 19.1 Å². The van der Waals surface area contributed by atoms with Crippen molar-refractivity contribution in [2.45, 2.75) is 20.3 Å². The van der Waals surface area contributed by atoms with E-state index < -0.39 is 0 Å². The Balaban J connectivity index is 1.77. The lowest BCUT2D eigenvalue weighted by molar-refractivity contribution is -0.126. The third-order valence-corrected chi connectivity index (χ3v) is 3.47. The molecule has 2 aromatic rings. The van der Waals surface area contributed by atoms with Gasteiger partial charge in [-0.2, -0.15) is 0 Å². The number of halogens is 1. The van der Waals surface area contributed by atoms with E-state index in [4.69, 9.17) is 16.1 Å². The first-order chi connectivity index (χ1) is 10.9. The summed E-state index contributed by atoms with van der Waals surface area (Å²) in [6, 6.07) is 8.93. The largest absolute Gasteiger partial charge is 0.360 e. The predicted molar refractivity (Wildman–Crippen MR) is 87.2 cm³/mol. The number of benzene rings is 1. The third kappa shape index (κ3) is 5.41. The zero-order valence-corrected chi connectivity index (χ0v) is 13.7. The third-order valence-electron chi connectivity index (χ3n) is 3.22. The molecule has 6 nitrogen and oxygen atoms in total. The van der Waals surface area contributed by atoms with Crippen LogP contribution < -0.4 is 10.6 Å². The molecule has 0 aliphatic heterocycles. The lowest BCUT2D eigenvalue weighted by Gasteiger charge is -2.12. The van der Waals surface area contributed by atoms with Crippen LogP contribution in [-0.2, 0) is 16.0 Å². The van der Waals surface area contributed by atoms with Crippen LogP contribution in [0.1, 0.15) is 18.2 Å². The van der Waals surface area contributed by atoms with E-state index in [0.717, 1.165) is 5.56 Å². The SMILES string of the molecule is Cc1cc(NC(=O)CNC(=O)C(C)Cc2ccc(Cl)cc2)no1. The number of nitrogens with one attached hydrogen (secondary N) is 2. The van der Waals surface area contributed by atoms with Crippen molar-refractivity contribution in [3.63, 3.8) is 0 Å². The van der Waals surface area contributed by atoms with Crippen molar-refractivity contribution in [2.24, 2.45) is 5.92 Å². The Morgan fingerprint density at radius 3 is 2.61 bits per heavy atom. The lowest BCUT2D eigenvalue weighted by atomic mass is 10.0. The molecule has 1 aromatic carbocycles. The van der Waals surface area contributed by atoms with Gasteiger partial charge in [0.05, 0.1) is 6.54 Å². The van der Waals surface area contributed by atoms with Gasteiger partial charge in [0.1, 0.15) is 5.76 Å². The number of amides is 2. The van der Waals surface area contributed by atoms with Gasteiger partial charge in [-0.1, -0.05) is 35.8 Å². The smallest absolute Gasteiger partial charge is 0.245 e. The normalized spacial score (nSPS) is 11.8. The van der Waals surface area contributed by atoms with Gasteiger partial charge in [-0.05, 0) is 31.0 Å². The summed E-state index contributed by atoms with van der Waals surface area (Å²) in [4.78, 5) is 23.7. The van der Waals surface area contributed by atoms with Gasteiger partial charge in [-0.25, -0.2) is 0 Å². The molecule has 1 aromatic heterocycles. The van der Waals surface area contributed by atoms with Crippen LogP contribution in [0.2, 0.25) is 5.02 Å². The predicted octanol–water partition coefficient (Wildman–Crippen LogP) is 2.57. The number of aromatic nitrogens is 1. The molecule has 0 aliphatic carbocycles. The second kappa shape index (κ2) is 7.78. The molecule has 0 saturated heterocycles. The number of carbonyl (C=O) groups excluding carboxylic acids is 2. The topological polar surface area (TPSA) is 84.2 Å². The fourth-order valence-corrected chi connectivity index (χ4v) is 2.15. The van der Waals surface area contributed by atoms with Crippen LogP contribution in [0.25, 0.3) is 0 Å². The summed E-state index contributed by atoms with van der Waals surface area (Å²) in [6.45, 7) is 3.42. The van der Waals surface area contributed by atoms with E-state index in [1.54, 1.807) is 25.1 Å². The van der Waals surface area contributed by atoms with Crippen molar-refractivity contribution in [1.29, 1.82) is 0 Å². The average molecular weight is 336 g/mol. The Hall–Kier alpha value is -2.34. The standard InChI is InChI=1S/C16H18ClN3O3/c1-10(7-12-3-5-13(17)6-4-12)16(22)18-9-15(21)19-14-8-11(2)23-20-14/h3-6,8,10H,7,9H2,1-2H3,(H,18,22)(H,19,20,21). The van der Waals surface area contributed by atoms with Crippen molar-refractivity contribution in [1.82, 2.24) is 10.5 Å².